The first-order valence-corrected chi connectivity index (χ1v) is 7.79. The molecule has 0 saturated heterocycles. The Morgan fingerprint density at radius 1 is 1.40 bits per heavy atom. The summed E-state index contributed by atoms with van der Waals surface area (Å²) in [6, 6.07) is 3.71. The molecule has 1 rings (SSSR count). The van der Waals surface area contributed by atoms with Crippen molar-refractivity contribution in [1.82, 2.24) is 0 Å². The minimum atomic E-state index is -3.50. The molecule has 7 nitrogen and oxygen atoms in total. The van der Waals surface area contributed by atoms with Gasteiger partial charge in [-0.25, -0.2) is 8.42 Å². The molecule has 0 bridgehead atoms. The topological polar surface area (TPSA) is 110 Å². The molecular formula is C12H18N2O5S. The van der Waals surface area contributed by atoms with Gasteiger partial charge < -0.3 is 10.4 Å². The van der Waals surface area contributed by atoms with E-state index in [2.05, 4.69) is 5.32 Å². The summed E-state index contributed by atoms with van der Waals surface area (Å²) in [6.45, 7) is 3.85. The van der Waals surface area contributed by atoms with Gasteiger partial charge in [-0.3, -0.25) is 10.1 Å². The first kappa shape index (κ1) is 16.4. The largest absolute Gasteiger partial charge is 0.396 e. The van der Waals surface area contributed by atoms with Crippen LogP contribution < -0.4 is 5.32 Å². The molecule has 0 heterocycles. The molecule has 0 spiro atoms. The summed E-state index contributed by atoms with van der Waals surface area (Å²) in [4.78, 5) is 10.3. The first-order chi connectivity index (χ1) is 9.07. The van der Waals surface area contributed by atoms with Crippen LogP contribution in [0, 0.1) is 15.5 Å². The molecule has 0 aliphatic rings. The number of hydrogen-bond donors (Lipinski definition) is 2. The lowest BCUT2D eigenvalue weighted by molar-refractivity contribution is -0.384. The normalized spacial score (nSPS) is 12.2. The Balaban J connectivity index is 3.12. The van der Waals surface area contributed by atoms with Crippen LogP contribution >= 0.6 is 0 Å². The van der Waals surface area contributed by atoms with Crippen LogP contribution in [0.2, 0.25) is 0 Å². The number of hydrogen-bond acceptors (Lipinski definition) is 6. The zero-order chi connectivity index (χ0) is 15.6. The minimum Gasteiger partial charge on any atom is -0.396 e. The standard InChI is InChI=1S/C12H18N2O5S/c1-12(2,8-15)7-13-10-5-4-9(20(3,18)19)6-11(10)14(16)17/h4-6,13,15H,7-8H2,1-3H3. The Labute approximate surface area is 117 Å². The molecule has 0 unspecified atom stereocenters. The predicted octanol–water partition coefficient (Wildman–Crippen LogP) is 1.43. The van der Waals surface area contributed by atoms with Gasteiger partial charge in [-0.05, 0) is 12.1 Å². The Morgan fingerprint density at radius 3 is 2.45 bits per heavy atom. The van der Waals surface area contributed by atoms with Crippen LogP contribution in [-0.2, 0) is 9.84 Å². The monoisotopic (exact) mass is 302 g/mol. The summed E-state index contributed by atoms with van der Waals surface area (Å²) in [5, 5.41) is 23.0. The van der Waals surface area contributed by atoms with E-state index in [4.69, 9.17) is 5.11 Å². The Bertz CT molecular complexity index is 610. The summed E-state index contributed by atoms with van der Waals surface area (Å²) in [5.41, 5.74) is -0.519. The van der Waals surface area contributed by atoms with Gasteiger partial charge in [-0.2, -0.15) is 0 Å². The van der Waals surface area contributed by atoms with E-state index in [0.717, 1.165) is 12.3 Å². The smallest absolute Gasteiger partial charge is 0.293 e. The first-order valence-electron chi connectivity index (χ1n) is 5.90. The molecule has 0 radical (unpaired) electrons. The van der Waals surface area contributed by atoms with Gasteiger partial charge in [0.05, 0.1) is 9.82 Å². The van der Waals surface area contributed by atoms with Gasteiger partial charge in [-0.1, -0.05) is 13.8 Å². The third-order valence-electron chi connectivity index (χ3n) is 2.78. The van der Waals surface area contributed by atoms with Gasteiger partial charge in [0.1, 0.15) is 5.69 Å². The highest BCUT2D eigenvalue weighted by molar-refractivity contribution is 7.90. The molecule has 0 aliphatic carbocycles. The lowest BCUT2D eigenvalue weighted by atomic mass is 9.95. The predicted molar refractivity (Wildman–Crippen MR) is 75.6 cm³/mol. The summed E-state index contributed by atoms with van der Waals surface area (Å²) < 4.78 is 22.8. The highest BCUT2D eigenvalue weighted by Crippen LogP contribution is 2.28. The molecule has 112 valence electrons. The number of rotatable bonds is 6. The number of aliphatic hydroxyl groups is 1. The fourth-order valence-corrected chi connectivity index (χ4v) is 2.07. The SMILES string of the molecule is CC(C)(CO)CNc1ccc(S(C)(=O)=O)cc1[N+](=O)[O-]. The van der Waals surface area contributed by atoms with Gasteiger partial charge in [0, 0.05) is 30.9 Å². The van der Waals surface area contributed by atoms with Crippen LogP contribution in [0.5, 0.6) is 0 Å². The highest BCUT2D eigenvalue weighted by Gasteiger charge is 2.21. The van der Waals surface area contributed by atoms with Gasteiger partial charge in [0.25, 0.3) is 5.69 Å². The van der Waals surface area contributed by atoms with Crippen molar-refractivity contribution in [2.75, 3.05) is 24.7 Å². The summed E-state index contributed by atoms with van der Waals surface area (Å²) >= 11 is 0. The lowest BCUT2D eigenvalue weighted by Gasteiger charge is -2.22. The third kappa shape index (κ3) is 4.17. The average Bonchev–Trinajstić information content (AvgIpc) is 2.35. The number of nitrogens with zero attached hydrogens (tertiary/aromatic N) is 1. The molecule has 0 fully saturated rings. The van der Waals surface area contributed by atoms with Crippen LogP contribution in [0.1, 0.15) is 13.8 Å². The van der Waals surface area contributed by atoms with Crippen molar-refractivity contribution < 1.29 is 18.4 Å². The molecule has 0 aromatic heterocycles. The van der Waals surface area contributed by atoms with E-state index in [0.29, 0.717) is 6.54 Å². The second kappa shape index (κ2) is 5.76. The Kier molecular flexibility index (Phi) is 4.72. The second-order valence-electron chi connectivity index (χ2n) is 5.38. The van der Waals surface area contributed by atoms with Crippen LogP contribution in [0.15, 0.2) is 23.1 Å². The zero-order valence-electron chi connectivity index (χ0n) is 11.6. The van der Waals surface area contributed by atoms with Crippen LogP contribution in [0.25, 0.3) is 0 Å². The molecule has 2 N–H and O–H groups in total. The van der Waals surface area contributed by atoms with Crippen LogP contribution in [0.4, 0.5) is 11.4 Å². The number of nitro benzene ring substituents is 1. The van der Waals surface area contributed by atoms with E-state index >= 15 is 0 Å². The quantitative estimate of drug-likeness (QED) is 0.607. The number of sulfone groups is 1. The third-order valence-corrected chi connectivity index (χ3v) is 3.89. The van der Waals surface area contributed by atoms with Crippen molar-refractivity contribution in [2.24, 2.45) is 5.41 Å². The van der Waals surface area contributed by atoms with Crippen molar-refractivity contribution in [3.8, 4) is 0 Å². The molecule has 0 saturated carbocycles. The second-order valence-corrected chi connectivity index (χ2v) is 7.40. The molecule has 0 amide bonds. The Morgan fingerprint density at radius 2 is 2.00 bits per heavy atom. The summed E-state index contributed by atoms with van der Waals surface area (Å²) in [6.07, 6.45) is 0.994. The van der Waals surface area contributed by atoms with Crippen molar-refractivity contribution >= 4 is 21.2 Å². The number of anilines is 1. The van der Waals surface area contributed by atoms with Gasteiger partial charge in [0.15, 0.2) is 9.84 Å². The fraction of sp³-hybridized carbons (Fsp3) is 0.500. The van der Waals surface area contributed by atoms with E-state index in [1.54, 1.807) is 13.8 Å². The maximum absolute atomic E-state index is 11.4. The zero-order valence-corrected chi connectivity index (χ0v) is 12.4. The van der Waals surface area contributed by atoms with Gasteiger partial charge in [-0.15, -0.1) is 0 Å². The van der Waals surface area contributed by atoms with Gasteiger partial charge in [0.2, 0.25) is 0 Å². The van der Waals surface area contributed by atoms with Crippen molar-refractivity contribution in [1.29, 1.82) is 0 Å². The fourth-order valence-electron chi connectivity index (χ4n) is 1.43. The van der Waals surface area contributed by atoms with E-state index < -0.39 is 20.2 Å². The average molecular weight is 302 g/mol. The minimum absolute atomic E-state index is 0.0742. The van der Waals surface area contributed by atoms with Crippen molar-refractivity contribution in [3.63, 3.8) is 0 Å². The van der Waals surface area contributed by atoms with E-state index in [1.165, 1.54) is 12.1 Å². The number of nitro groups is 1. The maximum atomic E-state index is 11.4. The van der Waals surface area contributed by atoms with Crippen LogP contribution in [-0.4, -0.2) is 37.9 Å². The number of nitrogens with one attached hydrogen (secondary N) is 1. The van der Waals surface area contributed by atoms with E-state index in [9.17, 15) is 18.5 Å². The number of aliphatic hydroxyl groups excluding tert-OH is 1. The summed E-state index contributed by atoms with van der Waals surface area (Å²) in [5.74, 6) is 0. The van der Waals surface area contributed by atoms with Crippen molar-refractivity contribution in [3.05, 3.63) is 28.3 Å². The number of benzene rings is 1. The van der Waals surface area contributed by atoms with Crippen molar-refractivity contribution in [2.45, 2.75) is 18.7 Å². The maximum Gasteiger partial charge on any atom is 0.293 e. The van der Waals surface area contributed by atoms with Gasteiger partial charge >= 0.3 is 0 Å². The van der Waals surface area contributed by atoms with E-state index in [-0.39, 0.29) is 22.9 Å². The lowest BCUT2D eigenvalue weighted by Crippen LogP contribution is -2.27. The molecule has 8 heteroatoms. The molecule has 0 aliphatic heterocycles. The van der Waals surface area contributed by atoms with E-state index in [1.807, 2.05) is 0 Å². The molecular weight excluding hydrogens is 284 g/mol. The highest BCUT2D eigenvalue weighted by atomic mass is 32.2. The molecule has 20 heavy (non-hydrogen) atoms. The van der Waals surface area contributed by atoms with Crippen LogP contribution in [0.3, 0.4) is 0 Å². The Hall–Kier alpha value is -1.67. The molecule has 1 aromatic carbocycles. The molecule has 0 atom stereocenters. The summed E-state index contributed by atoms with van der Waals surface area (Å²) in [7, 11) is -3.50. The molecule has 1 aromatic rings.